The van der Waals surface area contributed by atoms with Crippen LogP contribution in [0.4, 0.5) is 5.95 Å². The van der Waals surface area contributed by atoms with Crippen molar-refractivity contribution in [2.75, 3.05) is 5.32 Å². The summed E-state index contributed by atoms with van der Waals surface area (Å²) in [7, 11) is 1.87. The molecular formula is C20H18N4O2. The zero-order valence-corrected chi connectivity index (χ0v) is 14.6. The number of hydrogen-bond acceptors (Lipinski definition) is 4. The lowest BCUT2D eigenvalue weighted by Gasteiger charge is -2.04. The molecule has 1 N–H and O–H groups in total. The second kappa shape index (κ2) is 6.48. The summed E-state index contributed by atoms with van der Waals surface area (Å²) in [6.07, 6.45) is 0.130. The topological polar surface area (TPSA) is 73.0 Å². The van der Waals surface area contributed by atoms with Crippen molar-refractivity contribution in [2.24, 2.45) is 7.05 Å². The van der Waals surface area contributed by atoms with Crippen LogP contribution in [0, 0.1) is 6.92 Å². The molecular weight excluding hydrogens is 328 g/mol. The number of nitrogens with zero attached hydrogens (tertiary/aromatic N) is 3. The Morgan fingerprint density at radius 1 is 1.08 bits per heavy atom. The minimum atomic E-state index is -0.181. The molecule has 0 saturated carbocycles. The summed E-state index contributed by atoms with van der Waals surface area (Å²) in [5.41, 5.74) is 3.32. The van der Waals surface area contributed by atoms with Crippen LogP contribution >= 0.6 is 0 Å². The van der Waals surface area contributed by atoms with Crippen molar-refractivity contribution in [2.45, 2.75) is 13.3 Å². The molecule has 26 heavy (non-hydrogen) atoms. The standard InChI is InChI=1S/C20H18N4O2/c1-13-16(21-19(26-13)14-8-4-3-5-9-14)12-18(25)23-20-22-15-10-6-7-11-17(15)24(20)2/h3-11H,12H2,1-2H3,(H,22,23,25). The average Bonchev–Trinajstić information content (AvgIpc) is 3.17. The number of benzene rings is 2. The molecule has 0 fully saturated rings. The summed E-state index contributed by atoms with van der Waals surface area (Å²) >= 11 is 0. The summed E-state index contributed by atoms with van der Waals surface area (Å²) in [4.78, 5) is 21.4. The summed E-state index contributed by atoms with van der Waals surface area (Å²) in [5.74, 6) is 1.50. The predicted octanol–water partition coefficient (Wildman–Crippen LogP) is 3.72. The number of imidazole rings is 1. The van der Waals surface area contributed by atoms with E-state index in [1.807, 2.05) is 73.1 Å². The first-order valence-electron chi connectivity index (χ1n) is 8.35. The van der Waals surface area contributed by atoms with Gasteiger partial charge in [-0.25, -0.2) is 9.97 Å². The molecule has 0 radical (unpaired) electrons. The Hall–Kier alpha value is -3.41. The smallest absolute Gasteiger partial charge is 0.232 e. The predicted molar refractivity (Wildman–Crippen MR) is 99.7 cm³/mol. The molecule has 0 unspecified atom stereocenters. The molecule has 0 atom stereocenters. The largest absolute Gasteiger partial charge is 0.441 e. The van der Waals surface area contributed by atoms with Gasteiger partial charge in [-0.1, -0.05) is 30.3 Å². The highest BCUT2D eigenvalue weighted by Crippen LogP contribution is 2.22. The Kier molecular flexibility index (Phi) is 4.01. The number of fused-ring (bicyclic) bond motifs is 1. The third-order valence-electron chi connectivity index (χ3n) is 4.28. The van der Waals surface area contributed by atoms with Gasteiger partial charge in [0, 0.05) is 12.6 Å². The normalized spacial score (nSPS) is 11.0. The number of aromatic nitrogens is 3. The van der Waals surface area contributed by atoms with Crippen LogP contribution in [0.5, 0.6) is 0 Å². The number of rotatable bonds is 4. The van der Waals surface area contributed by atoms with Crippen LogP contribution in [0.25, 0.3) is 22.5 Å². The third kappa shape index (κ3) is 2.97. The zero-order valence-electron chi connectivity index (χ0n) is 14.6. The van der Waals surface area contributed by atoms with E-state index in [0.717, 1.165) is 16.6 Å². The Morgan fingerprint density at radius 3 is 2.58 bits per heavy atom. The molecule has 4 aromatic rings. The van der Waals surface area contributed by atoms with Crippen LogP contribution in [0.2, 0.25) is 0 Å². The Bertz CT molecular complexity index is 1080. The highest BCUT2D eigenvalue weighted by atomic mass is 16.4. The van der Waals surface area contributed by atoms with Crippen molar-refractivity contribution in [3.63, 3.8) is 0 Å². The van der Waals surface area contributed by atoms with Gasteiger partial charge in [-0.05, 0) is 31.2 Å². The second-order valence-corrected chi connectivity index (χ2v) is 6.10. The molecule has 0 aliphatic carbocycles. The number of carbonyl (C=O) groups excluding carboxylic acids is 1. The Morgan fingerprint density at radius 2 is 1.81 bits per heavy atom. The molecule has 2 aromatic carbocycles. The SMILES string of the molecule is Cc1oc(-c2ccccc2)nc1CC(=O)Nc1nc2ccccc2n1C. The van der Waals surface area contributed by atoms with Gasteiger partial charge >= 0.3 is 0 Å². The van der Waals surface area contributed by atoms with E-state index < -0.39 is 0 Å². The zero-order chi connectivity index (χ0) is 18.1. The number of anilines is 1. The lowest BCUT2D eigenvalue weighted by Crippen LogP contribution is -2.17. The number of carbonyl (C=O) groups is 1. The summed E-state index contributed by atoms with van der Waals surface area (Å²) in [5, 5.41) is 2.86. The van der Waals surface area contributed by atoms with Gasteiger partial charge in [0.25, 0.3) is 0 Å². The third-order valence-corrected chi connectivity index (χ3v) is 4.28. The van der Waals surface area contributed by atoms with E-state index in [1.165, 1.54) is 0 Å². The number of nitrogens with one attached hydrogen (secondary N) is 1. The van der Waals surface area contributed by atoms with E-state index in [0.29, 0.717) is 23.3 Å². The highest BCUT2D eigenvalue weighted by Gasteiger charge is 2.16. The lowest BCUT2D eigenvalue weighted by molar-refractivity contribution is -0.115. The average molecular weight is 346 g/mol. The van der Waals surface area contributed by atoms with Crippen molar-refractivity contribution in [3.05, 3.63) is 66.1 Å². The number of para-hydroxylation sites is 2. The van der Waals surface area contributed by atoms with Crippen molar-refractivity contribution >= 4 is 22.9 Å². The molecule has 0 spiro atoms. The van der Waals surface area contributed by atoms with Gasteiger partial charge in [0.1, 0.15) is 5.76 Å². The Labute approximate surface area is 150 Å². The Balaban J connectivity index is 1.53. The monoisotopic (exact) mass is 346 g/mol. The number of aryl methyl sites for hydroxylation is 2. The van der Waals surface area contributed by atoms with E-state index in [2.05, 4.69) is 15.3 Å². The maximum absolute atomic E-state index is 12.5. The maximum Gasteiger partial charge on any atom is 0.232 e. The molecule has 0 bridgehead atoms. The molecule has 6 nitrogen and oxygen atoms in total. The first kappa shape index (κ1) is 16.1. The number of amides is 1. The van der Waals surface area contributed by atoms with Crippen molar-refractivity contribution in [1.29, 1.82) is 0 Å². The van der Waals surface area contributed by atoms with Gasteiger partial charge in [-0.15, -0.1) is 0 Å². The van der Waals surface area contributed by atoms with Crippen LogP contribution < -0.4 is 5.32 Å². The van der Waals surface area contributed by atoms with Gasteiger partial charge in [0.2, 0.25) is 17.7 Å². The van der Waals surface area contributed by atoms with E-state index in [1.54, 1.807) is 0 Å². The fraction of sp³-hybridized carbons (Fsp3) is 0.150. The van der Waals surface area contributed by atoms with Crippen LogP contribution in [-0.2, 0) is 18.3 Å². The summed E-state index contributed by atoms with van der Waals surface area (Å²) in [6.45, 7) is 1.82. The van der Waals surface area contributed by atoms with Crippen molar-refractivity contribution in [3.8, 4) is 11.5 Å². The quantitative estimate of drug-likeness (QED) is 0.611. The molecule has 4 rings (SSSR count). The van der Waals surface area contributed by atoms with E-state index in [-0.39, 0.29) is 12.3 Å². The van der Waals surface area contributed by atoms with Crippen LogP contribution in [0.1, 0.15) is 11.5 Å². The fourth-order valence-electron chi connectivity index (χ4n) is 2.87. The minimum Gasteiger partial charge on any atom is -0.441 e. The molecule has 2 aromatic heterocycles. The first-order chi connectivity index (χ1) is 12.6. The second-order valence-electron chi connectivity index (χ2n) is 6.10. The van der Waals surface area contributed by atoms with Gasteiger partial charge in [-0.2, -0.15) is 0 Å². The van der Waals surface area contributed by atoms with Crippen LogP contribution in [-0.4, -0.2) is 20.4 Å². The van der Waals surface area contributed by atoms with E-state index in [4.69, 9.17) is 4.42 Å². The van der Waals surface area contributed by atoms with Crippen molar-refractivity contribution < 1.29 is 9.21 Å². The van der Waals surface area contributed by atoms with Gasteiger partial charge in [0.05, 0.1) is 23.1 Å². The summed E-state index contributed by atoms with van der Waals surface area (Å²) in [6, 6.07) is 17.4. The number of oxazole rings is 1. The molecule has 0 aliphatic heterocycles. The first-order valence-corrected chi connectivity index (χ1v) is 8.35. The van der Waals surface area contributed by atoms with Gasteiger partial charge in [-0.3, -0.25) is 10.1 Å². The van der Waals surface area contributed by atoms with Gasteiger partial charge < -0.3 is 8.98 Å². The minimum absolute atomic E-state index is 0.130. The molecule has 2 heterocycles. The molecule has 130 valence electrons. The molecule has 1 amide bonds. The van der Waals surface area contributed by atoms with Crippen LogP contribution in [0.15, 0.2) is 59.0 Å². The van der Waals surface area contributed by atoms with Crippen molar-refractivity contribution in [1.82, 2.24) is 14.5 Å². The lowest BCUT2D eigenvalue weighted by atomic mass is 10.2. The highest BCUT2D eigenvalue weighted by molar-refractivity contribution is 5.92. The molecule has 0 aliphatic rings. The van der Waals surface area contributed by atoms with Gasteiger partial charge in [0.15, 0.2) is 0 Å². The summed E-state index contributed by atoms with van der Waals surface area (Å²) < 4.78 is 7.57. The maximum atomic E-state index is 12.5. The number of hydrogen-bond donors (Lipinski definition) is 1. The van der Waals surface area contributed by atoms with E-state index >= 15 is 0 Å². The van der Waals surface area contributed by atoms with E-state index in [9.17, 15) is 4.79 Å². The fourth-order valence-corrected chi connectivity index (χ4v) is 2.87. The molecule has 6 heteroatoms. The molecule has 0 saturated heterocycles. The van der Waals surface area contributed by atoms with Crippen LogP contribution in [0.3, 0.4) is 0 Å².